The quantitative estimate of drug-likeness (QED) is 0.695. The highest BCUT2D eigenvalue weighted by Gasteiger charge is 2.21. The Hall–Kier alpha value is -1.12. The van der Waals surface area contributed by atoms with Gasteiger partial charge in [0.1, 0.15) is 5.82 Å². The van der Waals surface area contributed by atoms with Crippen LogP contribution < -0.4 is 0 Å². The maximum absolute atomic E-state index is 11.6. The van der Waals surface area contributed by atoms with Crippen molar-refractivity contribution < 1.29 is 4.79 Å². The lowest BCUT2D eigenvalue weighted by molar-refractivity contribution is -0.126. The molecule has 0 aliphatic heterocycles. The predicted molar refractivity (Wildman–Crippen MR) is 51.4 cm³/mol. The molecule has 0 N–H and O–H groups in total. The van der Waals surface area contributed by atoms with Gasteiger partial charge in [0, 0.05) is 17.8 Å². The van der Waals surface area contributed by atoms with Crippen LogP contribution in [0.3, 0.4) is 0 Å². The lowest BCUT2D eigenvalue weighted by atomic mass is 9.91. The van der Waals surface area contributed by atoms with Crippen LogP contribution in [0.25, 0.3) is 0 Å². The maximum atomic E-state index is 11.6. The second kappa shape index (κ2) is 3.32. The Morgan fingerprint density at radius 3 is 2.54 bits per heavy atom. The van der Waals surface area contributed by atoms with E-state index in [1.54, 1.807) is 6.20 Å². The summed E-state index contributed by atoms with van der Waals surface area (Å²) in [4.78, 5) is 15.7. The highest BCUT2D eigenvalue weighted by atomic mass is 16.1. The first-order valence-corrected chi connectivity index (χ1v) is 4.42. The lowest BCUT2D eigenvalue weighted by Gasteiger charge is -2.17. The van der Waals surface area contributed by atoms with E-state index in [0.29, 0.717) is 6.54 Å². The number of ketones is 1. The SMILES string of the molecule is Cc1nccn1CC(=O)C(C)(C)C. The molecule has 0 amide bonds. The van der Waals surface area contributed by atoms with Gasteiger partial charge in [-0.05, 0) is 6.92 Å². The molecular formula is C10H16N2O. The van der Waals surface area contributed by atoms with Crippen molar-refractivity contribution in [3.63, 3.8) is 0 Å². The second-order valence-electron chi connectivity index (χ2n) is 4.28. The first-order chi connectivity index (χ1) is 5.91. The fourth-order valence-corrected chi connectivity index (χ4v) is 0.963. The molecular weight excluding hydrogens is 164 g/mol. The average Bonchev–Trinajstić information content (AvgIpc) is 2.34. The van der Waals surface area contributed by atoms with Gasteiger partial charge in [0.2, 0.25) is 0 Å². The molecule has 0 aliphatic carbocycles. The second-order valence-corrected chi connectivity index (χ2v) is 4.28. The van der Waals surface area contributed by atoms with Crippen LogP contribution in [0.15, 0.2) is 12.4 Å². The molecule has 0 bridgehead atoms. The monoisotopic (exact) mass is 180 g/mol. The summed E-state index contributed by atoms with van der Waals surface area (Å²) in [5, 5.41) is 0. The van der Waals surface area contributed by atoms with Gasteiger partial charge in [-0.3, -0.25) is 4.79 Å². The minimum absolute atomic E-state index is 0.230. The van der Waals surface area contributed by atoms with Crippen molar-refractivity contribution in [3.05, 3.63) is 18.2 Å². The third kappa shape index (κ3) is 2.41. The van der Waals surface area contributed by atoms with Crippen LogP contribution in [-0.2, 0) is 11.3 Å². The lowest BCUT2D eigenvalue weighted by Crippen LogP contribution is -2.25. The minimum atomic E-state index is -0.267. The van der Waals surface area contributed by atoms with Crippen LogP contribution in [-0.4, -0.2) is 15.3 Å². The van der Waals surface area contributed by atoms with Crippen molar-refractivity contribution in [2.75, 3.05) is 0 Å². The summed E-state index contributed by atoms with van der Waals surface area (Å²) in [7, 11) is 0. The number of carbonyl (C=O) groups excluding carboxylic acids is 1. The third-order valence-corrected chi connectivity index (χ3v) is 2.07. The summed E-state index contributed by atoms with van der Waals surface area (Å²) in [6, 6.07) is 0. The minimum Gasteiger partial charge on any atom is -0.328 e. The predicted octanol–water partition coefficient (Wildman–Crippen LogP) is 1.81. The van der Waals surface area contributed by atoms with E-state index in [9.17, 15) is 4.79 Å². The Kier molecular flexibility index (Phi) is 2.55. The highest BCUT2D eigenvalue weighted by molar-refractivity contribution is 5.83. The molecule has 0 aromatic carbocycles. The van der Waals surface area contributed by atoms with E-state index < -0.39 is 0 Å². The molecule has 1 aromatic heterocycles. The molecule has 1 heterocycles. The number of aromatic nitrogens is 2. The van der Waals surface area contributed by atoms with Gasteiger partial charge in [-0.1, -0.05) is 20.8 Å². The van der Waals surface area contributed by atoms with Crippen molar-refractivity contribution in [1.82, 2.24) is 9.55 Å². The van der Waals surface area contributed by atoms with Crippen molar-refractivity contribution in [2.24, 2.45) is 5.41 Å². The van der Waals surface area contributed by atoms with Crippen LogP contribution in [0.5, 0.6) is 0 Å². The van der Waals surface area contributed by atoms with Crippen molar-refractivity contribution in [3.8, 4) is 0 Å². The Morgan fingerprint density at radius 1 is 1.54 bits per heavy atom. The molecule has 0 radical (unpaired) electrons. The van der Waals surface area contributed by atoms with Gasteiger partial charge in [-0.25, -0.2) is 4.98 Å². The fourth-order valence-electron chi connectivity index (χ4n) is 0.963. The van der Waals surface area contributed by atoms with E-state index in [1.807, 2.05) is 38.5 Å². The van der Waals surface area contributed by atoms with Gasteiger partial charge in [0.25, 0.3) is 0 Å². The smallest absolute Gasteiger partial charge is 0.157 e. The molecule has 0 atom stereocenters. The molecule has 0 aliphatic rings. The summed E-state index contributed by atoms with van der Waals surface area (Å²) < 4.78 is 1.87. The molecule has 0 saturated carbocycles. The fraction of sp³-hybridized carbons (Fsp3) is 0.600. The van der Waals surface area contributed by atoms with Gasteiger partial charge in [0.05, 0.1) is 6.54 Å². The summed E-state index contributed by atoms with van der Waals surface area (Å²) in [6.45, 7) is 8.12. The van der Waals surface area contributed by atoms with E-state index >= 15 is 0 Å². The number of imidazole rings is 1. The number of nitrogens with zero attached hydrogens (tertiary/aromatic N) is 2. The molecule has 1 aromatic rings. The molecule has 0 fully saturated rings. The van der Waals surface area contributed by atoms with Crippen LogP contribution >= 0.6 is 0 Å². The first kappa shape index (κ1) is 9.96. The van der Waals surface area contributed by atoms with Gasteiger partial charge < -0.3 is 4.57 Å². The standard InChI is InChI=1S/C10H16N2O/c1-8-11-5-6-12(8)7-9(13)10(2,3)4/h5-6H,7H2,1-4H3. The topological polar surface area (TPSA) is 34.9 Å². The molecule has 0 unspecified atom stereocenters. The molecule has 13 heavy (non-hydrogen) atoms. The Bertz CT molecular complexity index is 307. The van der Waals surface area contributed by atoms with E-state index in [4.69, 9.17) is 0 Å². The number of rotatable bonds is 2. The van der Waals surface area contributed by atoms with Gasteiger partial charge in [-0.15, -0.1) is 0 Å². The summed E-state index contributed by atoms with van der Waals surface area (Å²) >= 11 is 0. The molecule has 3 nitrogen and oxygen atoms in total. The van der Waals surface area contributed by atoms with Gasteiger partial charge >= 0.3 is 0 Å². The van der Waals surface area contributed by atoms with E-state index in [2.05, 4.69) is 4.98 Å². The Morgan fingerprint density at radius 2 is 2.15 bits per heavy atom. The van der Waals surface area contributed by atoms with Crippen molar-refractivity contribution in [1.29, 1.82) is 0 Å². The third-order valence-electron chi connectivity index (χ3n) is 2.07. The maximum Gasteiger partial charge on any atom is 0.157 e. The van der Waals surface area contributed by atoms with E-state index in [-0.39, 0.29) is 11.2 Å². The molecule has 72 valence electrons. The Labute approximate surface area is 78.8 Å². The number of hydrogen-bond acceptors (Lipinski definition) is 2. The first-order valence-electron chi connectivity index (χ1n) is 4.42. The Balaban J connectivity index is 2.71. The summed E-state index contributed by atoms with van der Waals surface area (Å²) in [5.74, 6) is 1.12. The number of aryl methyl sites for hydroxylation is 1. The van der Waals surface area contributed by atoms with E-state index in [0.717, 1.165) is 5.82 Å². The van der Waals surface area contributed by atoms with E-state index in [1.165, 1.54) is 0 Å². The van der Waals surface area contributed by atoms with Crippen LogP contribution in [0.4, 0.5) is 0 Å². The van der Waals surface area contributed by atoms with Crippen LogP contribution in [0.1, 0.15) is 26.6 Å². The molecule has 0 spiro atoms. The average molecular weight is 180 g/mol. The number of carbonyl (C=O) groups is 1. The zero-order chi connectivity index (χ0) is 10.1. The van der Waals surface area contributed by atoms with Crippen molar-refractivity contribution >= 4 is 5.78 Å². The highest BCUT2D eigenvalue weighted by Crippen LogP contribution is 2.15. The molecule has 1 rings (SSSR count). The number of hydrogen-bond donors (Lipinski definition) is 0. The zero-order valence-corrected chi connectivity index (χ0v) is 8.66. The summed E-state index contributed by atoms with van der Waals surface area (Å²) in [5.41, 5.74) is -0.267. The largest absolute Gasteiger partial charge is 0.328 e. The zero-order valence-electron chi connectivity index (χ0n) is 8.66. The van der Waals surface area contributed by atoms with Crippen molar-refractivity contribution in [2.45, 2.75) is 34.2 Å². The van der Waals surface area contributed by atoms with Gasteiger partial charge in [-0.2, -0.15) is 0 Å². The van der Waals surface area contributed by atoms with Gasteiger partial charge in [0.15, 0.2) is 5.78 Å². The normalized spacial score (nSPS) is 11.7. The number of Topliss-reactive ketones (excluding diaryl/α,β-unsaturated/α-hetero) is 1. The van der Waals surface area contributed by atoms with Crippen LogP contribution in [0, 0.1) is 12.3 Å². The summed E-state index contributed by atoms with van der Waals surface area (Å²) in [6.07, 6.45) is 3.55. The van der Waals surface area contributed by atoms with Crippen LogP contribution in [0.2, 0.25) is 0 Å². The molecule has 3 heteroatoms. The molecule has 0 saturated heterocycles.